The Morgan fingerprint density at radius 3 is 2.75 bits per heavy atom. The molecule has 1 aromatic heterocycles. The number of likely N-dealkylation sites (tertiary alicyclic amines) is 2. The number of phenols is 1. The van der Waals surface area contributed by atoms with Crippen molar-refractivity contribution in [2.45, 2.75) is 19.4 Å². The number of carbonyl (C=O) groups is 2. The molecule has 2 amide bonds. The lowest BCUT2D eigenvalue weighted by molar-refractivity contribution is 0.0995. The zero-order valence-electron chi connectivity index (χ0n) is 15.3. The van der Waals surface area contributed by atoms with Gasteiger partial charge in [0.1, 0.15) is 5.75 Å². The molecular formula is C19H22ClN5O3. The summed E-state index contributed by atoms with van der Waals surface area (Å²) in [7, 11) is 0. The fraction of sp³-hybridized carbons (Fsp3) is 0.421. The molecule has 1 unspecified atom stereocenters. The summed E-state index contributed by atoms with van der Waals surface area (Å²) < 4.78 is 1.18. The normalized spacial score (nSPS) is 22.2. The number of primary amides is 1. The van der Waals surface area contributed by atoms with Crippen LogP contribution in [-0.2, 0) is 6.54 Å². The van der Waals surface area contributed by atoms with Crippen LogP contribution in [0.2, 0.25) is 5.02 Å². The predicted molar refractivity (Wildman–Crippen MR) is 103 cm³/mol. The molecular weight excluding hydrogens is 382 g/mol. The van der Waals surface area contributed by atoms with Gasteiger partial charge in [0, 0.05) is 42.8 Å². The average Bonchev–Trinajstić information content (AvgIpc) is 3.38. The predicted octanol–water partition coefficient (Wildman–Crippen LogP) is 1.91. The number of aromatic hydroxyl groups is 1. The third kappa shape index (κ3) is 3.57. The summed E-state index contributed by atoms with van der Waals surface area (Å²) in [5.74, 6) is -0.443. The van der Waals surface area contributed by atoms with E-state index in [1.165, 1.54) is 16.9 Å². The van der Waals surface area contributed by atoms with Crippen LogP contribution in [0, 0.1) is 5.41 Å². The number of rotatable bonds is 3. The summed E-state index contributed by atoms with van der Waals surface area (Å²) in [6.45, 7) is 3.77. The number of carbonyl (C=O) groups excluding carboxylic acids is 2. The Balaban J connectivity index is 1.40. The van der Waals surface area contributed by atoms with Gasteiger partial charge in [-0.15, -0.1) is 0 Å². The summed E-state index contributed by atoms with van der Waals surface area (Å²) in [4.78, 5) is 28.0. The molecule has 2 aliphatic rings. The second-order valence-corrected chi connectivity index (χ2v) is 8.11. The highest BCUT2D eigenvalue weighted by molar-refractivity contribution is 6.31. The zero-order valence-corrected chi connectivity index (χ0v) is 16.1. The van der Waals surface area contributed by atoms with Gasteiger partial charge in [-0.2, -0.15) is 9.78 Å². The van der Waals surface area contributed by atoms with Crippen LogP contribution in [0.3, 0.4) is 0 Å². The van der Waals surface area contributed by atoms with Gasteiger partial charge >= 0.3 is 6.03 Å². The van der Waals surface area contributed by atoms with E-state index in [9.17, 15) is 14.7 Å². The second-order valence-electron chi connectivity index (χ2n) is 7.70. The van der Waals surface area contributed by atoms with Crippen molar-refractivity contribution in [1.82, 2.24) is 19.6 Å². The molecule has 1 spiro atoms. The van der Waals surface area contributed by atoms with Crippen molar-refractivity contribution >= 4 is 23.5 Å². The number of phenolic OH excluding ortho intramolecular Hbond substituents is 1. The Morgan fingerprint density at radius 1 is 1.21 bits per heavy atom. The van der Waals surface area contributed by atoms with Crippen molar-refractivity contribution in [3.8, 4) is 5.75 Å². The third-order valence-electron chi connectivity index (χ3n) is 5.69. The summed E-state index contributed by atoms with van der Waals surface area (Å²) in [6, 6.07) is 6.20. The van der Waals surface area contributed by atoms with Crippen LogP contribution in [0.4, 0.5) is 4.79 Å². The molecule has 3 heterocycles. The Hall–Kier alpha value is -2.58. The van der Waals surface area contributed by atoms with E-state index < -0.39 is 5.91 Å². The lowest BCUT2D eigenvalue weighted by Gasteiger charge is -2.25. The maximum Gasteiger partial charge on any atom is 0.344 e. The molecule has 0 radical (unpaired) electrons. The second kappa shape index (κ2) is 7.10. The molecule has 0 aliphatic carbocycles. The molecule has 1 aromatic carbocycles. The number of benzene rings is 1. The number of aromatic nitrogens is 2. The highest BCUT2D eigenvalue weighted by atomic mass is 35.5. The number of hydrogen-bond acceptors (Lipinski definition) is 5. The van der Waals surface area contributed by atoms with E-state index in [-0.39, 0.29) is 22.9 Å². The molecule has 2 aromatic rings. The Kier molecular flexibility index (Phi) is 4.76. The first-order chi connectivity index (χ1) is 13.3. The molecule has 9 heteroatoms. The summed E-state index contributed by atoms with van der Waals surface area (Å²) in [5.41, 5.74) is 6.24. The van der Waals surface area contributed by atoms with Crippen LogP contribution in [0.25, 0.3) is 0 Å². The Bertz CT molecular complexity index is 930. The maximum atomic E-state index is 12.7. The fourth-order valence-corrected chi connectivity index (χ4v) is 4.40. The van der Waals surface area contributed by atoms with Gasteiger partial charge in [-0.3, -0.25) is 9.69 Å². The molecule has 2 saturated heterocycles. The Morgan fingerprint density at radius 2 is 2.00 bits per heavy atom. The maximum absolute atomic E-state index is 12.7. The lowest BCUT2D eigenvalue weighted by Crippen LogP contribution is -2.36. The zero-order chi connectivity index (χ0) is 19.9. The van der Waals surface area contributed by atoms with Crippen molar-refractivity contribution < 1.29 is 14.7 Å². The van der Waals surface area contributed by atoms with Crippen molar-refractivity contribution in [3.05, 3.63) is 46.7 Å². The molecule has 0 saturated carbocycles. The van der Waals surface area contributed by atoms with E-state index in [1.807, 2.05) is 0 Å². The van der Waals surface area contributed by atoms with E-state index in [2.05, 4.69) is 10.00 Å². The lowest BCUT2D eigenvalue weighted by atomic mass is 9.86. The minimum Gasteiger partial charge on any atom is -0.508 e. The van der Waals surface area contributed by atoms with Crippen LogP contribution in [0.1, 0.15) is 28.9 Å². The summed E-state index contributed by atoms with van der Waals surface area (Å²) in [6.07, 6.45) is 3.39. The van der Waals surface area contributed by atoms with Crippen LogP contribution in [-0.4, -0.2) is 62.8 Å². The minimum atomic E-state index is -0.651. The topological polar surface area (TPSA) is 105 Å². The van der Waals surface area contributed by atoms with Gasteiger partial charge in [0.05, 0.1) is 0 Å². The molecule has 0 bridgehead atoms. The third-order valence-corrected chi connectivity index (χ3v) is 6.06. The number of halogens is 1. The van der Waals surface area contributed by atoms with Gasteiger partial charge in [-0.25, -0.2) is 4.79 Å². The summed E-state index contributed by atoms with van der Waals surface area (Å²) in [5, 5.41) is 14.3. The molecule has 28 heavy (non-hydrogen) atoms. The largest absolute Gasteiger partial charge is 0.508 e. The highest BCUT2D eigenvalue weighted by Crippen LogP contribution is 2.40. The van der Waals surface area contributed by atoms with Crippen molar-refractivity contribution in [2.75, 3.05) is 26.2 Å². The average molecular weight is 404 g/mol. The SMILES string of the molecule is NC(=O)c1ccn(C(=O)N2CCC3(CCN(Cc4cc(O)ccc4Cl)C3)C2)n1. The smallest absolute Gasteiger partial charge is 0.344 e. The van der Waals surface area contributed by atoms with Crippen molar-refractivity contribution in [3.63, 3.8) is 0 Å². The molecule has 148 valence electrons. The molecule has 1 atom stereocenters. The van der Waals surface area contributed by atoms with E-state index in [0.29, 0.717) is 24.7 Å². The van der Waals surface area contributed by atoms with Crippen LogP contribution in [0.5, 0.6) is 5.75 Å². The number of hydrogen-bond donors (Lipinski definition) is 2. The van der Waals surface area contributed by atoms with Crippen LogP contribution in [0.15, 0.2) is 30.5 Å². The van der Waals surface area contributed by atoms with Gasteiger partial charge in [-0.1, -0.05) is 11.6 Å². The van der Waals surface area contributed by atoms with Crippen LogP contribution >= 0.6 is 11.6 Å². The molecule has 4 rings (SSSR count). The standard InChI is InChI=1S/C19H22ClN5O3/c20-15-2-1-14(26)9-13(15)10-23-7-4-19(11-23)5-8-24(12-19)18(28)25-6-3-16(22-25)17(21)27/h1-3,6,9,26H,4-5,7-8,10-12H2,(H2,21,27). The molecule has 2 fully saturated rings. The van der Waals surface area contributed by atoms with E-state index in [0.717, 1.165) is 31.5 Å². The van der Waals surface area contributed by atoms with Crippen molar-refractivity contribution in [2.24, 2.45) is 11.1 Å². The fourth-order valence-electron chi connectivity index (χ4n) is 4.22. The molecule has 3 N–H and O–H groups in total. The van der Waals surface area contributed by atoms with E-state index in [4.69, 9.17) is 17.3 Å². The van der Waals surface area contributed by atoms with Gasteiger partial charge < -0.3 is 15.7 Å². The van der Waals surface area contributed by atoms with Gasteiger partial charge in [0.25, 0.3) is 5.91 Å². The van der Waals surface area contributed by atoms with E-state index in [1.54, 1.807) is 23.1 Å². The molecule has 2 aliphatic heterocycles. The van der Waals surface area contributed by atoms with Gasteiger partial charge in [-0.05, 0) is 49.2 Å². The minimum absolute atomic E-state index is 0.0542. The van der Waals surface area contributed by atoms with Gasteiger partial charge in [0.15, 0.2) is 5.69 Å². The van der Waals surface area contributed by atoms with Crippen molar-refractivity contribution in [1.29, 1.82) is 0 Å². The Labute approximate surface area is 167 Å². The summed E-state index contributed by atoms with van der Waals surface area (Å²) >= 11 is 6.25. The quantitative estimate of drug-likeness (QED) is 0.814. The first-order valence-electron chi connectivity index (χ1n) is 9.20. The van der Waals surface area contributed by atoms with E-state index >= 15 is 0 Å². The molecule has 8 nitrogen and oxygen atoms in total. The number of nitrogens with two attached hydrogens (primary N) is 1. The first-order valence-corrected chi connectivity index (χ1v) is 9.58. The van der Waals surface area contributed by atoms with Gasteiger partial charge in [0.2, 0.25) is 0 Å². The monoisotopic (exact) mass is 403 g/mol. The highest BCUT2D eigenvalue weighted by Gasteiger charge is 2.45. The first kappa shape index (κ1) is 18.8. The number of amides is 2. The number of nitrogens with zero attached hydrogens (tertiary/aromatic N) is 4. The van der Waals surface area contributed by atoms with Crippen LogP contribution < -0.4 is 5.73 Å².